The second-order valence-corrected chi connectivity index (χ2v) is 8.25. The van der Waals surface area contributed by atoms with Gasteiger partial charge in [0.05, 0.1) is 0 Å². The summed E-state index contributed by atoms with van der Waals surface area (Å²) in [4.78, 5) is 0. The zero-order chi connectivity index (χ0) is 12.9. The van der Waals surface area contributed by atoms with E-state index in [1.807, 2.05) is 0 Å². The summed E-state index contributed by atoms with van der Waals surface area (Å²) < 4.78 is 0. The predicted molar refractivity (Wildman–Crippen MR) is 79.7 cm³/mol. The highest BCUT2D eigenvalue weighted by Crippen LogP contribution is 2.61. The summed E-state index contributed by atoms with van der Waals surface area (Å²) in [5, 5.41) is 0. The predicted octanol–water partition coefficient (Wildman–Crippen LogP) is 4.42. The van der Waals surface area contributed by atoms with Crippen LogP contribution in [0.5, 0.6) is 0 Å². The molecule has 0 heterocycles. The van der Waals surface area contributed by atoms with E-state index < -0.39 is 0 Å². The van der Waals surface area contributed by atoms with E-state index in [4.69, 9.17) is 5.73 Å². The van der Waals surface area contributed by atoms with E-state index in [2.05, 4.69) is 6.08 Å². The highest BCUT2D eigenvalue weighted by molar-refractivity contribution is 5.15. The van der Waals surface area contributed by atoms with Crippen molar-refractivity contribution in [3.8, 4) is 0 Å². The van der Waals surface area contributed by atoms with Crippen LogP contribution >= 0.6 is 0 Å². The van der Waals surface area contributed by atoms with Crippen molar-refractivity contribution in [1.29, 1.82) is 0 Å². The van der Waals surface area contributed by atoms with E-state index in [1.165, 1.54) is 51.4 Å². The highest BCUT2D eigenvalue weighted by atomic mass is 14.7. The monoisotopic (exact) mass is 259 g/mol. The fourth-order valence-electron chi connectivity index (χ4n) is 6.34. The largest absolute Gasteiger partial charge is 0.324 e. The molecule has 1 heteroatoms. The van der Waals surface area contributed by atoms with Crippen molar-refractivity contribution in [2.75, 3.05) is 0 Å². The molecule has 1 nitrogen and oxygen atoms in total. The molecule has 5 aliphatic rings. The standard InChI is InChI=1S/C18H29N/c19-17(16-4-2-1-3-5-16)12-18-9-13-6-14(10-18)8-15(7-13)11-18/h4,13-15,17H,1-3,5-12,19H2. The third-order valence-electron chi connectivity index (χ3n) is 6.62. The molecule has 1 unspecified atom stereocenters. The van der Waals surface area contributed by atoms with Crippen LogP contribution in [0.25, 0.3) is 0 Å². The van der Waals surface area contributed by atoms with Crippen LogP contribution in [0.4, 0.5) is 0 Å². The van der Waals surface area contributed by atoms with Gasteiger partial charge in [0.25, 0.3) is 0 Å². The Morgan fingerprint density at radius 1 is 1.05 bits per heavy atom. The average molecular weight is 259 g/mol. The van der Waals surface area contributed by atoms with Gasteiger partial charge in [0, 0.05) is 6.04 Å². The molecule has 4 bridgehead atoms. The summed E-state index contributed by atoms with van der Waals surface area (Å²) in [6.45, 7) is 0. The number of nitrogens with two attached hydrogens (primary N) is 1. The maximum absolute atomic E-state index is 6.60. The van der Waals surface area contributed by atoms with Gasteiger partial charge in [0.1, 0.15) is 0 Å². The van der Waals surface area contributed by atoms with Crippen molar-refractivity contribution in [3.63, 3.8) is 0 Å². The summed E-state index contributed by atoms with van der Waals surface area (Å²) in [7, 11) is 0. The van der Waals surface area contributed by atoms with Crippen LogP contribution in [0.2, 0.25) is 0 Å². The number of hydrogen-bond acceptors (Lipinski definition) is 1. The molecule has 5 rings (SSSR count). The minimum Gasteiger partial charge on any atom is -0.324 e. The van der Waals surface area contributed by atoms with Gasteiger partial charge in [0.15, 0.2) is 0 Å². The van der Waals surface area contributed by atoms with Crippen LogP contribution < -0.4 is 5.73 Å². The van der Waals surface area contributed by atoms with Crippen molar-refractivity contribution in [2.24, 2.45) is 28.9 Å². The molecule has 0 aromatic carbocycles. The molecular weight excluding hydrogens is 230 g/mol. The maximum atomic E-state index is 6.60. The Balaban J connectivity index is 1.48. The average Bonchev–Trinajstić information content (AvgIpc) is 2.37. The normalized spacial score (nSPS) is 46.2. The van der Waals surface area contributed by atoms with Crippen LogP contribution in [0.1, 0.15) is 70.6 Å². The van der Waals surface area contributed by atoms with Gasteiger partial charge < -0.3 is 5.73 Å². The molecule has 2 N–H and O–H groups in total. The van der Waals surface area contributed by atoms with E-state index >= 15 is 0 Å². The molecule has 0 saturated heterocycles. The summed E-state index contributed by atoms with van der Waals surface area (Å²) in [5.41, 5.74) is 8.86. The van der Waals surface area contributed by atoms with Crippen molar-refractivity contribution in [1.82, 2.24) is 0 Å². The van der Waals surface area contributed by atoms with Crippen LogP contribution in [0, 0.1) is 23.2 Å². The van der Waals surface area contributed by atoms with Gasteiger partial charge >= 0.3 is 0 Å². The molecule has 4 saturated carbocycles. The van der Waals surface area contributed by atoms with Gasteiger partial charge in [-0.25, -0.2) is 0 Å². The Labute approximate surface area is 118 Å². The molecule has 0 radical (unpaired) electrons. The van der Waals surface area contributed by atoms with E-state index in [-0.39, 0.29) is 0 Å². The minimum absolute atomic E-state index is 0.386. The fraction of sp³-hybridized carbons (Fsp3) is 0.889. The molecule has 1 atom stereocenters. The first-order valence-electron chi connectivity index (χ1n) is 8.67. The van der Waals surface area contributed by atoms with Crippen LogP contribution in [-0.2, 0) is 0 Å². The van der Waals surface area contributed by atoms with E-state index in [0.29, 0.717) is 11.5 Å². The SMILES string of the molecule is NC(CC12CC3CC(CC(C3)C1)C2)C1=CCCCC1. The molecular formula is C18H29N. The first-order valence-corrected chi connectivity index (χ1v) is 8.67. The Bertz CT molecular complexity index is 346. The lowest BCUT2D eigenvalue weighted by Crippen LogP contribution is -2.48. The smallest absolute Gasteiger partial charge is 0.0258 e. The van der Waals surface area contributed by atoms with E-state index in [1.54, 1.807) is 24.8 Å². The van der Waals surface area contributed by atoms with Crippen molar-refractivity contribution in [3.05, 3.63) is 11.6 Å². The molecule has 106 valence electrons. The Morgan fingerprint density at radius 2 is 1.68 bits per heavy atom. The first kappa shape index (κ1) is 12.4. The van der Waals surface area contributed by atoms with Gasteiger partial charge in [-0.3, -0.25) is 0 Å². The summed E-state index contributed by atoms with van der Waals surface area (Å²) in [6.07, 6.45) is 18.3. The fourth-order valence-corrected chi connectivity index (χ4v) is 6.34. The van der Waals surface area contributed by atoms with Crippen molar-refractivity contribution < 1.29 is 0 Å². The van der Waals surface area contributed by atoms with Crippen molar-refractivity contribution in [2.45, 2.75) is 76.7 Å². The number of rotatable bonds is 3. The Morgan fingerprint density at radius 3 is 2.21 bits per heavy atom. The third kappa shape index (κ3) is 2.28. The first-order chi connectivity index (χ1) is 9.22. The topological polar surface area (TPSA) is 26.0 Å². The molecule has 0 spiro atoms. The summed E-state index contributed by atoms with van der Waals surface area (Å²) in [6, 6.07) is 0.386. The lowest BCUT2D eigenvalue weighted by atomic mass is 9.48. The van der Waals surface area contributed by atoms with Gasteiger partial charge in [0.2, 0.25) is 0 Å². The quantitative estimate of drug-likeness (QED) is 0.746. The third-order valence-corrected chi connectivity index (χ3v) is 6.62. The molecule has 4 fully saturated rings. The summed E-state index contributed by atoms with van der Waals surface area (Å²) >= 11 is 0. The molecule has 5 aliphatic carbocycles. The highest BCUT2D eigenvalue weighted by Gasteiger charge is 2.51. The molecule has 0 aliphatic heterocycles. The number of allylic oxidation sites excluding steroid dienone is 1. The van der Waals surface area contributed by atoms with Crippen LogP contribution in [0.3, 0.4) is 0 Å². The Hall–Kier alpha value is -0.300. The number of hydrogen-bond donors (Lipinski definition) is 1. The van der Waals surface area contributed by atoms with E-state index in [9.17, 15) is 0 Å². The van der Waals surface area contributed by atoms with Crippen LogP contribution in [0.15, 0.2) is 11.6 Å². The molecule has 0 amide bonds. The lowest BCUT2D eigenvalue weighted by molar-refractivity contribution is -0.0590. The minimum atomic E-state index is 0.386. The van der Waals surface area contributed by atoms with Gasteiger partial charge in [-0.2, -0.15) is 0 Å². The molecule has 19 heavy (non-hydrogen) atoms. The van der Waals surface area contributed by atoms with Gasteiger partial charge in [-0.15, -0.1) is 0 Å². The molecule has 0 aromatic heterocycles. The van der Waals surface area contributed by atoms with E-state index in [0.717, 1.165) is 17.8 Å². The zero-order valence-electron chi connectivity index (χ0n) is 12.2. The zero-order valence-corrected chi connectivity index (χ0v) is 12.2. The van der Waals surface area contributed by atoms with Gasteiger partial charge in [-0.1, -0.05) is 11.6 Å². The van der Waals surface area contributed by atoms with Crippen LogP contribution in [-0.4, -0.2) is 6.04 Å². The molecule has 0 aromatic rings. The second-order valence-electron chi connectivity index (χ2n) is 8.25. The Kier molecular flexibility index (Phi) is 3.02. The van der Waals surface area contributed by atoms with Gasteiger partial charge in [-0.05, 0) is 93.8 Å². The second kappa shape index (κ2) is 4.62. The van der Waals surface area contributed by atoms with Crippen molar-refractivity contribution >= 4 is 0 Å². The lowest BCUT2D eigenvalue weighted by Gasteiger charge is -2.57. The maximum Gasteiger partial charge on any atom is 0.0258 e. The summed E-state index contributed by atoms with van der Waals surface area (Å²) in [5.74, 6) is 3.20.